The van der Waals surface area contributed by atoms with Crippen molar-refractivity contribution in [1.82, 2.24) is 5.32 Å². The van der Waals surface area contributed by atoms with Gasteiger partial charge >= 0.3 is 6.09 Å². The second-order valence-corrected chi connectivity index (χ2v) is 2.33. The molecule has 0 unspecified atom stereocenters. The molecule has 0 rings (SSSR count). The molecule has 1 amide bonds. The summed E-state index contributed by atoms with van der Waals surface area (Å²) in [6, 6.07) is 0. The Morgan fingerprint density at radius 1 is 1.45 bits per heavy atom. The summed E-state index contributed by atoms with van der Waals surface area (Å²) in [6.07, 6.45) is 0.498. The van der Waals surface area contributed by atoms with Crippen molar-refractivity contribution in [3.63, 3.8) is 0 Å². The van der Waals surface area contributed by atoms with Crippen LogP contribution in [0.1, 0.15) is 27.2 Å². The molecule has 0 radical (unpaired) electrons. The first kappa shape index (κ1) is 10.0. The highest BCUT2D eigenvalue weighted by Gasteiger charge is 2.01. The molecule has 3 nitrogen and oxygen atoms in total. The maximum atomic E-state index is 10.7. The number of hydrogen-bond donors (Lipinski definition) is 1. The first-order valence-electron chi connectivity index (χ1n) is 3.67. The summed E-state index contributed by atoms with van der Waals surface area (Å²) in [7, 11) is 1.54. The molecule has 0 aliphatic heterocycles. The van der Waals surface area contributed by atoms with Gasteiger partial charge in [0.2, 0.25) is 0 Å². The summed E-state index contributed by atoms with van der Waals surface area (Å²) in [4.78, 5) is 10.7. The number of alkyl carbamates (subject to hydrolysis) is 1. The molecular formula is C8H15NO2. The monoisotopic (exact) mass is 157 g/mol. The zero-order valence-corrected chi connectivity index (χ0v) is 7.52. The van der Waals surface area contributed by atoms with E-state index in [0.29, 0.717) is 5.76 Å². The van der Waals surface area contributed by atoms with Gasteiger partial charge in [0.1, 0.15) is 5.76 Å². The molecule has 0 aromatic rings. The number of amides is 1. The summed E-state index contributed by atoms with van der Waals surface area (Å²) < 4.78 is 4.88. The summed E-state index contributed by atoms with van der Waals surface area (Å²) in [6.45, 7) is 5.75. The predicted molar refractivity (Wildman–Crippen MR) is 44.2 cm³/mol. The van der Waals surface area contributed by atoms with E-state index < -0.39 is 6.09 Å². The summed E-state index contributed by atoms with van der Waals surface area (Å²) in [5.41, 5.74) is 1.09. The quantitative estimate of drug-likeness (QED) is 0.623. The van der Waals surface area contributed by atoms with Crippen LogP contribution in [0.25, 0.3) is 0 Å². The van der Waals surface area contributed by atoms with Gasteiger partial charge in [-0.3, -0.25) is 0 Å². The number of carbonyl (C=O) groups excluding carboxylic acids is 1. The minimum absolute atomic E-state index is 0.407. The molecule has 0 aliphatic carbocycles. The highest BCUT2D eigenvalue weighted by molar-refractivity contribution is 5.67. The average molecular weight is 157 g/mol. The van der Waals surface area contributed by atoms with E-state index in [4.69, 9.17) is 4.74 Å². The highest BCUT2D eigenvalue weighted by Crippen LogP contribution is 2.07. The molecule has 0 heterocycles. The number of rotatable bonds is 2. The van der Waals surface area contributed by atoms with E-state index in [0.717, 1.165) is 12.0 Å². The number of carbonyl (C=O) groups is 1. The van der Waals surface area contributed by atoms with Gasteiger partial charge in [-0.1, -0.05) is 6.92 Å². The van der Waals surface area contributed by atoms with Gasteiger partial charge in [0.05, 0.1) is 0 Å². The fourth-order valence-corrected chi connectivity index (χ4v) is 0.526. The molecule has 0 saturated carbocycles. The third-order valence-corrected chi connectivity index (χ3v) is 1.58. The van der Waals surface area contributed by atoms with Crippen molar-refractivity contribution in [2.24, 2.45) is 0 Å². The first-order valence-corrected chi connectivity index (χ1v) is 3.67. The lowest BCUT2D eigenvalue weighted by Gasteiger charge is -2.05. The lowest BCUT2D eigenvalue weighted by atomic mass is 10.2. The second kappa shape index (κ2) is 4.77. The number of nitrogens with one attached hydrogen (secondary N) is 1. The van der Waals surface area contributed by atoms with E-state index in [2.05, 4.69) is 5.32 Å². The van der Waals surface area contributed by atoms with E-state index in [1.54, 1.807) is 6.92 Å². The fraction of sp³-hybridized carbons (Fsp3) is 0.625. The third-order valence-electron chi connectivity index (χ3n) is 1.58. The maximum Gasteiger partial charge on any atom is 0.412 e. The van der Waals surface area contributed by atoms with Gasteiger partial charge in [0.25, 0.3) is 0 Å². The SMILES string of the molecule is CCC(C)=C(C)OC(=O)NC. The number of allylic oxidation sites excluding steroid dienone is 2. The van der Waals surface area contributed by atoms with Crippen molar-refractivity contribution in [3.05, 3.63) is 11.3 Å². The van der Waals surface area contributed by atoms with Crippen LogP contribution >= 0.6 is 0 Å². The minimum atomic E-state index is -0.407. The van der Waals surface area contributed by atoms with Gasteiger partial charge in [-0.15, -0.1) is 0 Å². The number of hydrogen-bond acceptors (Lipinski definition) is 2. The third kappa shape index (κ3) is 3.65. The Morgan fingerprint density at radius 2 is 2.00 bits per heavy atom. The standard InChI is InChI=1S/C8H15NO2/c1-5-6(2)7(3)11-8(10)9-4/h5H2,1-4H3,(H,9,10). The molecule has 3 heteroatoms. The maximum absolute atomic E-state index is 10.7. The van der Waals surface area contributed by atoms with Gasteiger partial charge in [0, 0.05) is 7.05 Å². The van der Waals surface area contributed by atoms with Crippen LogP contribution in [-0.2, 0) is 4.74 Å². The largest absolute Gasteiger partial charge is 0.415 e. The Kier molecular flexibility index (Phi) is 4.34. The van der Waals surface area contributed by atoms with Crippen LogP contribution in [0.5, 0.6) is 0 Å². The zero-order chi connectivity index (χ0) is 8.85. The van der Waals surface area contributed by atoms with E-state index in [-0.39, 0.29) is 0 Å². The molecule has 0 aliphatic rings. The molecular weight excluding hydrogens is 142 g/mol. The van der Waals surface area contributed by atoms with E-state index >= 15 is 0 Å². The van der Waals surface area contributed by atoms with Crippen molar-refractivity contribution in [1.29, 1.82) is 0 Å². The molecule has 0 aromatic heterocycles. The van der Waals surface area contributed by atoms with Crippen LogP contribution in [-0.4, -0.2) is 13.1 Å². The van der Waals surface area contributed by atoms with E-state index in [1.165, 1.54) is 7.05 Å². The van der Waals surface area contributed by atoms with E-state index in [1.807, 2.05) is 13.8 Å². The van der Waals surface area contributed by atoms with Crippen molar-refractivity contribution < 1.29 is 9.53 Å². The van der Waals surface area contributed by atoms with Crippen molar-refractivity contribution in [3.8, 4) is 0 Å². The zero-order valence-electron chi connectivity index (χ0n) is 7.52. The molecule has 64 valence electrons. The Balaban J connectivity index is 4.05. The summed E-state index contributed by atoms with van der Waals surface area (Å²) in [5, 5.41) is 2.38. The topological polar surface area (TPSA) is 38.3 Å². The smallest absolute Gasteiger partial charge is 0.412 e. The van der Waals surface area contributed by atoms with Gasteiger partial charge in [-0.2, -0.15) is 0 Å². The van der Waals surface area contributed by atoms with Crippen molar-refractivity contribution >= 4 is 6.09 Å². The molecule has 0 saturated heterocycles. The van der Waals surface area contributed by atoms with Crippen LogP contribution in [0.15, 0.2) is 11.3 Å². The molecule has 0 aromatic carbocycles. The van der Waals surface area contributed by atoms with Crippen LogP contribution < -0.4 is 5.32 Å². The first-order chi connectivity index (χ1) is 5.11. The lowest BCUT2D eigenvalue weighted by Crippen LogP contribution is -2.18. The van der Waals surface area contributed by atoms with Crippen LogP contribution in [0.2, 0.25) is 0 Å². The van der Waals surface area contributed by atoms with Crippen molar-refractivity contribution in [2.45, 2.75) is 27.2 Å². The van der Waals surface area contributed by atoms with Gasteiger partial charge in [0.15, 0.2) is 0 Å². The van der Waals surface area contributed by atoms with Crippen LogP contribution in [0.3, 0.4) is 0 Å². The van der Waals surface area contributed by atoms with E-state index in [9.17, 15) is 4.79 Å². The normalized spacial score (nSPS) is 12.0. The molecule has 11 heavy (non-hydrogen) atoms. The molecule has 0 fully saturated rings. The Labute approximate surface area is 67.4 Å². The molecule has 0 bridgehead atoms. The minimum Gasteiger partial charge on any atom is -0.415 e. The predicted octanol–water partition coefficient (Wildman–Crippen LogP) is 2.05. The summed E-state index contributed by atoms with van der Waals surface area (Å²) >= 11 is 0. The highest BCUT2D eigenvalue weighted by atomic mass is 16.6. The summed E-state index contributed by atoms with van der Waals surface area (Å²) in [5.74, 6) is 0.687. The molecule has 1 N–H and O–H groups in total. The average Bonchev–Trinajstić information content (AvgIpc) is 2.02. The second-order valence-electron chi connectivity index (χ2n) is 2.33. The van der Waals surface area contributed by atoms with Crippen LogP contribution in [0.4, 0.5) is 4.79 Å². The number of ether oxygens (including phenoxy) is 1. The lowest BCUT2D eigenvalue weighted by molar-refractivity contribution is 0.177. The Hall–Kier alpha value is -0.990. The Morgan fingerprint density at radius 3 is 2.36 bits per heavy atom. The molecule has 0 spiro atoms. The van der Waals surface area contributed by atoms with Gasteiger partial charge < -0.3 is 10.1 Å². The van der Waals surface area contributed by atoms with Gasteiger partial charge in [-0.05, 0) is 25.8 Å². The Bertz CT molecular complexity index is 173. The van der Waals surface area contributed by atoms with Crippen molar-refractivity contribution in [2.75, 3.05) is 7.05 Å². The molecule has 0 atom stereocenters. The fourth-order valence-electron chi connectivity index (χ4n) is 0.526. The van der Waals surface area contributed by atoms with Gasteiger partial charge in [-0.25, -0.2) is 4.79 Å². The van der Waals surface area contributed by atoms with Crippen LogP contribution in [0, 0.1) is 0 Å².